The predicted octanol–water partition coefficient (Wildman–Crippen LogP) is 1.57. The van der Waals surface area contributed by atoms with Crippen LogP contribution < -0.4 is 11.4 Å². The van der Waals surface area contributed by atoms with Gasteiger partial charge in [0.2, 0.25) is 0 Å². The van der Waals surface area contributed by atoms with Crippen molar-refractivity contribution in [1.82, 2.24) is 24.7 Å². The first-order valence-corrected chi connectivity index (χ1v) is 9.10. The molecule has 1 fully saturated rings. The Kier molecular flexibility index (Phi) is 4.41. The molecule has 2 aromatic heterocycles. The van der Waals surface area contributed by atoms with Crippen LogP contribution in [0.5, 0.6) is 0 Å². The van der Waals surface area contributed by atoms with Crippen LogP contribution in [0.2, 0.25) is 0 Å². The van der Waals surface area contributed by atoms with Crippen molar-refractivity contribution in [2.45, 2.75) is 36.4 Å². The molecule has 1 aliphatic heterocycles. The summed E-state index contributed by atoms with van der Waals surface area (Å²) in [7, 11) is 0. The van der Waals surface area contributed by atoms with Crippen LogP contribution in [0.4, 0.5) is 5.82 Å². The van der Waals surface area contributed by atoms with Crippen molar-refractivity contribution in [1.29, 1.82) is 0 Å². The second-order valence-electron chi connectivity index (χ2n) is 5.89. The number of anilines is 1. The average molecular weight is 358 g/mol. The highest BCUT2D eigenvalue weighted by molar-refractivity contribution is 7.98. The fraction of sp³-hybridized carbons (Fsp3) is 0.375. The fourth-order valence-corrected chi connectivity index (χ4v) is 3.72. The molecular formula is C16H18N6O2S. The number of aromatic amines is 1. The topological polar surface area (TPSA) is 112 Å². The van der Waals surface area contributed by atoms with Crippen LogP contribution in [-0.4, -0.2) is 37.4 Å². The number of hydrogen-bond donors (Lipinski definition) is 2. The molecule has 0 aliphatic carbocycles. The summed E-state index contributed by atoms with van der Waals surface area (Å²) in [5, 5.41) is 8.05. The van der Waals surface area contributed by atoms with Crippen molar-refractivity contribution < 1.29 is 4.74 Å². The summed E-state index contributed by atoms with van der Waals surface area (Å²) >= 11 is 1.41. The van der Waals surface area contributed by atoms with Gasteiger partial charge in [0.15, 0.2) is 5.16 Å². The zero-order valence-electron chi connectivity index (χ0n) is 13.5. The van der Waals surface area contributed by atoms with Gasteiger partial charge in [0.25, 0.3) is 0 Å². The van der Waals surface area contributed by atoms with Gasteiger partial charge < -0.3 is 10.5 Å². The number of nitrogens with one attached hydrogen (secondary N) is 1. The summed E-state index contributed by atoms with van der Waals surface area (Å²) in [6.45, 7) is 1.27. The lowest BCUT2D eigenvalue weighted by molar-refractivity contribution is 0.0941. The molecule has 0 radical (unpaired) electrons. The van der Waals surface area contributed by atoms with Gasteiger partial charge in [-0.2, -0.15) is 0 Å². The Labute approximate surface area is 147 Å². The van der Waals surface area contributed by atoms with E-state index in [1.165, 1.54) is 11.8 Å². The maximum atomic E-state index is 12.0. The molecular weight excluding hydrogens is 340 g/mol. The SMILES string of the molecule is Nc1nc(CSc2n[nH]c(=O)n2CC2CCCO2)nc2ccccc12. The van der Waals surface area contributed by atoms with Crippen molar-refractivity contribution in [3.63, 3.8) is 0 Å². The highest BCUT2D eigenvalue weighted by Gasteiger charge is 2.20. The first-order valence-electron chi connectivity index (χ1n) is 8.11. The number of H-pyrrole nitrogens is 1. The number of nitrogens with zero attached hydrogens (tertiary/aromatic N) is 4. The fourth-order valence-electron chi connectivity index (χ4n) is 2.91. The maximum Gasteiger partial charge on any atom is 0.344 e. The highest BCUT2D eigenvalue weighted by Crippen LogP contribution is 2.23. The summed E-state index contributed by atoms with van der Waals surface area (Å²) in [6.07, 6.45) is 2.07. The number of hydrogen-bond acceptors (Lipinski definition) is 7. The van der Waals surface area contributed by atoms with E-state index >= 15 is 0 Å². The van der Waals surface area contributed by atoms with E-state index in [0.717, 1.165) is 30.4 Å². The minimum absolute atomic E-state index is 0.0715. The Hall–Kier alpha value is -2.39. The number of rotatable bonds is 5. The molecule has 1 atom stereocenters. The van der Waals surface area contributed by atoms with E-state index in [2.05, 4.69) is 20.2 Å². The third-order valence-electron chi connectivity index (χ3n) is 4.14. The number of nitrogen functional groups attached to an aromatic ring is 1. The number of aromatic nitrogens is 5. The van der Waals surface area contributed by atoms with Crippen LogP contribution in [-0.2, 0) is 17.0 Å². The molecule has 3 aromatic rings. The van der Waals surface area contributed by atoms with Crippen LogP contribution >= 0.6 is 11.8 Å². The van der Waals surface area contributed by atoms with E-state index < -0.39 is 0 Å². The first-order chi connectivity index (χ1) is 12.2. The molecule has 0 spiro atoms. The minimum atomic E-state index is -0.225. The molecule has 130 valence electrons. The van der Waals surface area contributed by atoms with Crippen LogP contribution in [0.15, 0.2) is 34.2 Å². The van der Waals surface area contributed by atoms with Gasteiger partial charge in [-0.25, -0.2) is 19.9 Å². The lowest BCUT2D eigenvalue weighted by atomic mass is 10.2. The minimum Gasteiger partial charge on any atom is -0.383 e. The van der Waals surface area contributed by atoms with Crippen LogP contribution in [0.25, 0.3) is 10.9 Å². The highest BCUT2D eigenvalue weighted by atomic mass is 32.2. The van der Waals surface area contributed by atoms with Gasteiger partial charge in [-0.1, -0.05) is 23.9 Å². The second-order valence-corrected chi connectivity index (χ2v) is 6.83. The van der Waals surface area contributed by atoms with Gasteiger partial charge in [0.1, 0.15) is 11.6 Å². The van der Waals surface area contributed by atoms with Gasteiger partial charge in [-0.05, 0) is 25.0 Å². The predicted molar refractivity (Wildman–Crippen MR) is 95.3 cm³/mol. The first kappa shape index (κ1) is 16.1. The molecule has 1 unspecified atom stereocenters. The Bertz CT molecular complexity index is 947. The molecule has 1 saturated heterocycles. The van der Waals surface area contributed by atoms with E-state index in [-0.39, 0.29) is 11.8 Å². The van der Waals surface area contributed by atoms with Crippen molar-refractivity contribution in [3.8, 4) is 0 Å². The van der Waals surface area contributed by atoms with Crippen molar-refractivity contribution in [3.05, 3.63) is 40.6 Å². The zero-order valence-corrected chi connectivity index (χ0v) is 14.3. The average Bonchev–Trinajstić information content (AvgIpc) is 3.25. The molecule has 3 N–H and O–H groups in total. The van der Waals surface area contributed by atoms with E-state index in [1.54, 1.807) is 4.57 Å². The van der Waals surface area contributed by atoms with Gasteiger partial charge in [0, 0.05) is 12.0 Å². The molecule has 1 aromatic carbocycles. The van der Waals surface area contributed by atoms with Crippen LogP contribution in [0.1, 0.15) is 18.7 Å². The third-order valence-corrected chi connectivity index (χ3v) is 5.12. The monoisotopic (exact) mass is 358 g/mol. The standard InChI is InChI=1S/C16H18N6O2S/c17-14-11-5-1-2-6-12(11)18-13(19-14)9-25-16-21-20-15(23)22(16)8-10-4-3-7-24-10/h1-2,5-6,10H,3-4,7-9H2,(H,20,23)(H2,17,18,19). The molecule has 0 saturated carbocycles. The normalized spacial score (nSPS) is 17.4. The summed E-state index contributed by atoms with van der Waals surface area (Å²) in [5.41, 5.74) is 6.60. The molecule has 8 nitrogen and oxygen atoms in total. The Morgan fingerprint density at radius 3 is 3.08 bits per heavy atom. The van der Waals surface area contributed by atoms with E-state index in [1.807, 2.05) is 24.3 Å². The van der Waals surface area contributed by atoms with E-state index in [0.29, 0.717) is 29.1 Å². The quantitative estimate of drug-likeness (QED) is 0.666. The molecule has 3 heterocycles. The number of thioether (sulfide) groups is 1. The lowest BCUT2D eigenvalue weighted by Gasteiger charge is -2.11. The number of ether oxygens (including phenoxy) is 1. The zero-order chi connectivity index (χ0) is 17.2. The van der Waals surface area contributed by atoms with Crippen molar-refractivity contribution in [2.24, 2.45) is 0 Å². The Balaban J connectivity index is 1.52. The van der Waals surface area contributed by atoms with Gasteiger partial charge >= 0.3 is 5.69 Å². The Morgan fingerprint density at radius 2 is 2.24 bits per heavy atom. The van der Waals surface area contributed by atoms with Crippen molar-refractivity contribution >= 4 is 28.5 Å². The molecule has 9 heteroatoms. The van der Waals surface area contributed by atoms with E-state index in [9.17, 15) is 4.79 Å². The molecule has 1 aliphatic rings. The summed E-state index contributed by atoms with van der Waals surface area (Å²) in [4.78, 5) is 20.9. The van der Waals surface area contributed by atoms with Gasteiger partial charge in [0.05, 0.1) is 23.9 Å². The largest absolute Gasteiger partial charge is 0.383 e. The molecule has 0 amide bonds. The van der Waals surface area contributed by atoms with Gasteiger partial charge in [-0.3, -0.25) is 4.57 Å². The molecule has 4 rings (SSSR count). The number of benzene rings is 1. The van der Waals surface area contributed by atoms with E-state index in [4.69, 9.17) is 10.5 Å². The number of nitrogens with two attached hydrogens (primary N) is 1. The second kappa shape index (κ2) is 6.85. The third kappa shape index (κ3) is 3.38. The number of para-hydroxylation sites is 1. The molecule has 25 heavy (non-hydrogen) atoms. The van der Waals surface area contributed by atoms with Gasteiger partial charge in [-0.15, -0.1) is 5.10 Å². The summed E-state index contributed by atoms with van der Waals surface area (Å²) in [5.74, 6) is 1.55. The number of fused-ring (bicyclic) bond motifs is 1. The maximum absolute atomic E-state index is 12.0. The smallest absolute Gasteiger partial charge is 0.344 e. The summed E-state index contributed by atoms with van der Waals surface area (Å²) < 4.78 is 7.23. The van der Waals surface area contributed by atoms with Crippen LogP contribution in [0.3, 0.4) is 0 Å². The lowest BCUT2D eigenvalue weighted by Crippen LogP contribution is -2.25. The molecule has 0 bridgehead atoms. The van der Waals surface area contributed by atoms with Crippen LogP contribution in [0, 0.1) is 0 Å². The Morgan fingerprint density at radius 1 is 1.36 bits per heavy atom. The summed E-state index contributed by atoms with van der Waals surface area (Å²) in [6, 6.07) is 7.63. The van der Waals surface area contributed by atoms with Crippen molar-refractivity contribution in [2.75, 3.05) is 12.3 Å².